The van der Waals surface area contributed by atoms with Crippen LogP contribution in [0, 0.1) is 25.7 Å². The number of halogens is 1. The van der Waals surface area contributed by atoms with E-state index >= 15 is 0 Å². The fraction of sp³-hybridized carbons (Fsp3) is 0.441. The predicted molar refractivity (Wildman–Crippen MR) is 173 cm³/mol. The molecule has 2 aromatic rings. The number of aliphatic hydroxyl groups is 1. The van der Waals surface area contributed by atoms with Crippen molar-refractivity contribution in [2.45, 2.75) is 49.8 Å². The first-order valence-corrected chi connectivity index (χ1v) is 15.9. The number of hydrogen-bond acceptors (Lipinski definition) is 6. The van der Waals surface area contributed by atoms with Crippen LogP contribution in [0.3, 0.4) is 0 Å². The van der Waals surface area contributed by atoms with Crippen LogP contribution in [0.25, 0.3) is 0 Å². The van der Waals surface area contributed by atoms with Crippen molar-refractivity contribution in [1.29, 1.82) is 0 Å². The van der Waals surface area contributed by atoms with Crippen LogP contribution < -0.4 is 14.5 Å². The molecule has 3 heterocycles. The van der Waals surface area contributed by atoms with Crippen LogP contribution in [-0.2, 0) is 19.1 Å². The zero-order valence-electron chi connectivity index (χ0n) is 25.4. The summed E-state index contributed by atoms with van der Waals surface area (Å²) < 4.78 is 12.3. The molecule has 3 unspecified atom stereocenters. The van der Waals surface area contributed by atoms with E-state index in [-0.39, 0.29) is 48.8 Å². The van der Waals surface area contributed by atoms with Crippen molar-refractivity contribution in [2.24, 2.45) is 11.8 Å². The maximum Gasteiger partial charge on any atom is 0.253 e. The molecule has 6 atom stereocenters. The third-order valence-corrected chi connectivity index (χ3v) is 9.82. The van der Waals surface area contributed by atoms with Crippen molar-refractivity contribution in [2.75, 3.05) is 42.6 Å². The number of hydrogen-bond donors (Lipinski definition) is 1. The topological polar surface area (TPSA) is 99.6 Å². The first kappa shape index (κ1) is 31.9. The number of ether oxygens (including phenoxy) is 2. The Morgan fingerprint density at radius 1 is 1.09 bits per heavy atom. The molecule has 0 aliphatic carbocycles. The largest absolute Gasteiger partial charge is 0.494 e. The lowest BCUT2D eigenvalue weighted by Gasteiger charge is -2.38. The second-order valence-electron chi connectivity index (χ2n) is 11.6. The first-order valence-electron chi connectivity index (χ1n) is 15.0. The third kappa shape index (κ3) is 5.16. The van der Waals surface area contributed by atoms with Crippen molar-refractivity contribution in [3.63, 3.8) is 0 Å². The molecule has 0 aromatic heterocycles. The number of rotatable bonds is 12. The Hall–Kier alpha value is -3.47. The molecule has 3 fully saturated rings. The number of benzene rings is 2. The molecule has 0 saturated carbocycles. The van der Waals surface area contributed by atoms with Crippen molar-refractivity contribution in [3.05, 3.63) is 78.9 Å². The van der Waals surface area contributed by atoms with Crippen LogP contribution in [0.2, 0.25) is 0 Å². The van der Waals surface area contributed by atoms with Crippen LogP contribution in [0.5, 0.6) is 5.75 Å². The van der Waals surface area contributed by atoms with Gasteiger partial charge in [-0.05, 0) is 62.6 Å². The van der Waals surface area contributed by atoms with Gasteiger partial charge in [0.25, 0.3) is 5.91 Å². The number of amides is 3. The van der Waals surface area contributed by atoms with Gasteiger partial charge in [0.15, 0.2) is 0 Å². The van der Waals surface area contributed by atoms with Crippen molar-refractivity contribution in [1.82, 2.24) is 4.90 Å². The summed E-state index contributed by atoms with van der Waals surface area (Å²) in [5, 5.41) is 10.0. The molecule has 3 aliphatic rings. The van der Waals surface area contributed by atoms with Crippen LogP contribution in [0.1, 0.15) is 24.5 Å². The van der Waals surface area contributed by atoms with Crippen LogP contribution >= 0.6 is 15.9 Å². The highest BCUT2D eigenvalue weighted by Gasteiger charge is 2.77. The second-order valence-corrected chi connectivity index (χ2v) is 12.7. The Bertz CT molecular complexity index is 1430. The lowest BCUT2D eigenvalue weighted by atomic mass is 9.70. The van der Waals surface area contributed by atoms with E-state index in [4.69, 9.17) is 9.47 Å². The molecule has 44 heavy (non-hydrogen) atoms. The minimum absolute atomic E-state index is 0.0562. The van der Waals surface area contributed by atoms with Crippen molar-refractivity contribution < 1.29 is 29.0 Å². The zero-order valence-corrected chi connectivity index (χ0v) is 27.0. The monoisotopic (exact) mass is 665 g/mol. The third-order valence-electron chi connectivity index (χ3n) is 8.97. The van der Waals surface area contributed by atoms with Gasteiger partial charge in [-0.1, -0.05) is 46.3 Å². The molecule has 234 valence electrons. The predicted octanol–water partition coefficient (Wildman–Crippen LogP) is 4.18. The highest BCUT2D eigenvalue weighted by molar-refractivity contribution is 9.09. The Morgan fingerprint density at radius 3 is 2.32 bits per heavy atom. The summed E-state index contributed by atoms with van der Waals surface area (Å²) in [5.41, 5.74) is 1.95. The highest BCUT2D eigenvalue weighted by atomic mass is 79.9. The maximum atomic E-state index is 14.7. The van der Waals surface area contributed by atoms with E-state index in [2.05, 4.69) is 29.1 Å². The number of para-hydroxylation sites is 1. The van der Waals surface area contributed by atoms with Gasteiger partial charge in [0, 0.05) is 35.8 Å². The normalized spacial score (nSPS) is 26.8. The Kier molecular flexibility index (Phi) is 9.34. The van der Waals surface area contributed by atoms with E-state index < -0.39 is 29.6 Å². The summed E-state index contributed by atoms with van der Waals surface area (Å²) in [6.45, 7) is 14.1. The molecule has 1 spiro atoms. The van der Waals surface area contributed by atoms with Gasteiger partial charge >= 0.3 is 0 Å². The zero-order chi connectivity index (χ0) is 31.8. The van der Waals surface area contributed by atoms with E-state index in [1.165, 1.54) is 4.90 Å². The number of nitrogens with zero attached hydrogens (tertiary/aromatic N) is 3. The summed E-state index contributed by atoms with van der Waals surface area (Å²) in [6.07, 6.45) is 3.05. The summed E-state index contributed by atoms with van der Waals surface area (Å²) in [4.78, 5) is 47.9. The second kappa shape index (κ2) is 12.9. The lowest BCUT2D eigenvalue weighted by Crippen LogP contribution is -2.57. The van der Waals surface area contributed by atoms with Crippen molar-refractivity contribution >= 4 is 45.0 Å². The standard InChI is InChI=1S/C34H40BrN3O6/c1-6-16-36(23-12-14-24(15-13-23)43-8-3)31(40)26-27-32(41)38(18-19-39)30(34(27)20-25(35)29(26)44-34)33(42)37(17-7-2)28-21(4)10-9-11-22(28)5/h6-7,9-15,25-27,29-30,39H,1-2,8,16-20H2,3-5H3/t25?,26-,27-,29-,30?,34?/m0/s1. The fourth-order valence-corrected chi connectivity index (χ4v) is 8.30. The number of fused-ring (bicyclic) bond motifs is 1. The molecule has 0 radical (unpaired) electrons. The molecule has 2 bridgehead atoms. The number of aryl methyl sites for hydroxylation is 2. The fourth-order valence-electron chi connectivity index (χ4n) is 7.36. The van der Waals surface area contributed by atoms with E-state index in [1.54, 1.807) is 46.2 Å². The van der Waals surface area contributed by atoms with Crippen molar-refractivity contribution in [3.8, 4) is 5.75 Å². The molecule has 10 heteroatoms. The summed E-state index contributed by atoms with van der Waals surface area (Å²) in [6, 6.07) is 12.0. The van der Waals surface area contributed by atoms with Gasteiger partial charge < -0.3 is 29.3 Å². The van der Waals surface area contributed by atoms with Gasteiger partial charge in [-0.25, -0.2) is 0 Å². The molecular formula is C34H40BrN3O6. The smallest absolute Gasteiger partial charge is 0.253 e. The number of anilines is 2. The molecule has 3 saturated heterocycles. The molecule has 3 amide bonds. The van der Waals surface area contributed by atoms with E-state index in [0.29, 0.717) is 24.5 Å². The summed E-state index contributed by atoms with van der Waals surface area (Å²) in [7, 11) is 0. The Balaban J connectivity index is 1.57. The average Bonchev–Trinajstić information content (AvgIpc) is 3.59. The number of carbonyl (C=O) groups is 3. The molecule has 3 aliphatic heterocycles. The number of alkyl halides is 1. The number of carbonyl (C=O) groups excluding carboxylic acids is 3. The number of β-amino-alcohol motifs (C(OH)–C–C–N with tert-alkyl or cyclic N) is 1. The molecule has 1 N–H and O–H groups in total. The van der Waals surface area contributed by atoms with Gasteiger partial charge in [-0.15, -0.1) is 13.2 Å². The number of likely N-dealkylation sites (tertiary alicyclic amines) is 1. The van der Waals surface area contributed by atoms with Crippen LogP contribution in [0.15, 0.2) is 67.8 Å². The maximum absolute atomic E-state index is 14.7. The Labute approximate surface area is 267 Å². The minimum Gasteiger partial charge on any atom is -0.494 e. The summed E-state index contributed by atoms with van der Waals surface area (Å²) >= 11 is 3.75. The molecular weight excluding hydrogens is 626 g/mol. The molecule has 2 aromatic carbocycles. The van der Waals surface area contributed by atoms with Crippen LogP contribution in [-0.4, -0.2) is 83.2 Å². The number of aliphatic hydroxyl groups excluding tert-OH is 1. The Morgan fingerprint density at radius 2 is 1.73 bits per heavy atom. The lowest BCUT2D eigenvalue weighted by molar-refractivity contribution is -0.141. The first-order chi connectivity index (χ1) is 21.1. The minimum atomic E-state index is -1.25. The van der Waals surface area contributed by atoms with E-state index in [1.807, 2.05) is 39.0 Å². The SMILES string of the molecule is C=CCN(C(=O)[C@H]1[C@H]2C(=O)N(CCO)C(C(=O)N(CC=C)c3c(C)cccc3C)C23CC(Br)[C@@H]1O3)c1ccc(OCC)cc1. The van der Waals surface area contributed by atoms with Gasteiger partial charge in [-0.3, -0.25) is 14.4 Å². The van der Waals surface area contributed by atoms with Gasteiger partial charge in [0.05, 0.1) is 31.2 Å². The average molecular weight is 667 g/mol. The molecule has 5 rings (SSSR count). The van der Waals surface area contributed by atoms with E-state index in [9.17, 15) is 19.5 Å². The van der Waals surface area contributed by atoms with Gasteiger partial charge in [0.1, 0.15) is 17.4 Å². The highest BCUT2D eigenvalue weighted by Crippen LogP contribution is 2.60. The van der Waals surface area contributed by atoms with Gasteiger partial charge in [0.2, 0.25) is 11.8 Å². The van der Waals surface area contributed by atoms with E-state index in [0.717, 1.165) is 16.8 Å². The van der Waals surface area contributed by atoms with Crippen LogP contribution in [0.4, 0.5) is 11.4 Å². The van der Waals surface area contributed by atoms with Gasteiger partial charge in [-0.2, -0.15) is 0 Å². The quantitative estimate of drug-likeness (QED) is 0.270. The summed E-state index contributed by atoms with van der Waals surface area (Å²) in [5.74, 6) is -2.02. The molecule has 9 nitrogen and oxygen atoms in total.